The lowest BCUT2D eigenvalue weighted by Crippen LogP contribution is -2.25. The number of methoxy groups -OCH3 is 1. The van der Waals surface area contributed by atoms with Crippen LogP contribution in [0.4, 0.5) is 5.69 Å². The Morgan fingerprint density at radius 3 is 2.32 bits per heavy atom. The Hall–Kier alpha value is -2.38. The number of sulfonamides is 1. The van der Waals surface area contributed by atoms with Crippen LogP contribution in [0.1, 0.15) is 18.4 Å². The minimum atomic E-state index is -3.61. The lowest BCUT2D eigenvalue weighted by Gasteiger charge is -2.16. The van der Waals surface area contributed by atoms with Crippen LogP contribution in [-0.4, -0.2) is 28.0 Å². The molecule has 7 heteroatoms. The molecular formula is C18H20N2O4S. The summed E-state index contributed by atoms with van der Waals surface area (Å²) < 4.78 is 32.5. The molecule has 0 bridgehead atoms. The smallest absolute Gasteiger partial charge is 0.240 e. The van der Waals surface area contributed by atoms with Crippen LogP contribution < -0.4 is 14.4 Å². The number of hydrogen-bond acceptors (Lipinski definition) is 4. The summed E-state index contributed by atoms with van der Waals surface area (Å²) in [6.45, 7) is 0.874. The third-order valence-corrected chi connectivity index (χ3v) is 5.57. The molecule has 1 aliphatic rings. The molecule has 0 radical (unpaired) electrons. The number of hydrogen-bond donors (Lipinski definition) is 1. The van der Waals surface area contributed by atoms with Crippen molar-refractivity contribution in [2.75, 3.05) is 18.6 Å². The third-order valence-electron chi connectivity index (χ3n) is 4.16. The van der Waals surface area contributed by atoms with E-state index < -0.39 is 10.0 Å². The van der Waals surface area contributed by atoms with Gasteiger partial charge in [-0.15, -0.1) is 0 Å². The number of nitrogens with zero attached hydrogens (tertiary/aromatic N) is 1. The van der Waals surface area contributed by atoms with Gasteiger partial charge in [0, 0.05) is 25.2 Å². The molecule has 132 valence electrons. The molecule has 6 nitrogen and oxygen atoms in total. The molecule has 1 fully saturated rings. The fraction of sp³-hybridized carbons (Fsp3) is 0.278. The largest absolute Gasteiger partial charge is 0.497 e. The van der Waals surface area contributed by atoms with Crippen LogP contribution in [0.3, 0.4) is 0 Å². The molecular weight excluding hydrogens is 340 g/mol. The minimum Gasteiger partial charge on any atom is -0.497 e. The Balaban J connectivity index is 1.67. The van der Waals surface area contributed by atoms with Gasteiger partial charge in [0.05, 0.1) is 12.0 Å². The van der Waals surface area contributed by atoms with Crippen molar-refractivity contribution in [1.82, 2.24) is 4.72 Å². The molecule has 2 aromatic rings. The Morgan fingerprint density at radius 1 is 1.08 bits per heavy atom. The van der Waals surface area contributed by atoms with Crippen LogP contribution in [0, 0.1) is 0 Å². The second kappa shape index (κ2) is 7.25. The van der Waals surface area contributed by atoms with Crippen molar-refractivity contribution in [3.63, 3.8) is 0 Å². The second-order valence-electron chi connectivity index (χ2n) is 5.82. The van der Waals surface area contributed by atoms with Crippen molar-refractivity contribution in [3.05, 3.63) is 54.1 Å². The molecule has 0 aliphatic carbocycles. The highest BCUT2D eigenvalue weighted by Crippen LogP contribution is 2.23. The van der Waals surface area contributed by atoms with Crippen LogP contribution in [0.5, 0.6) is 5.75 Å². The Labute approximate surface area is 147 Å². The molecule has 1 N–H and O–H groups in total. The zero-order chi connectivity index (χ0) is 17.9. The Bertz CT molecular complexity index is 846. The number of anilines is 1. The number of carbonyl (C=O) groups is 1. The van der Waals surface area contributed by atoms with Gasteiger partial charge in [0.25, 0.3) is 0 Å². The maximum Gasteiger partial charge on any atom is 0.240 e. The van der Waals surface area contributed by atoms with Crippen LogP contribution in [0.25, 0.3) is 0 Å². The minimum absolute atomic E-state index is 0.0771. The summed E-state index contributed by atoms with van der Waals surface area (Å²) in [7, 11) is -2.03. The first kappa shape index (κ1) is 17.4. The molecule has 2 aromatic carbocycles. The topological polar surface area (TPSA) is 75.7 Å². The average Bonchev–Trinajstić information content (AvgIpc) is 3.06. The number of rotatable bonds is 6. The van der Waals surface area contributed by atoms with Gasteiger partial charge in [-0.2, -0.15) is 0 Å². The summed E-state index contributed by atoms with van der Waals surface area (Å²) in [4.78, 5) is 13.6. The molecule has 1 saturated heterocycles. The summed E-state index contributed by atoms with van der Waals surface area (Å²) >= 11 is 0. The predicted molar refractivity (Wildman–Crippen MR) is 95.0 cm³/mol. The van der Waals surface area contributed by atoms with Gasteiger partial charge in [-0.05, 0) is 48.4 Å². The summed E-state index contributed by atoms with van der Waals surface area (Å²) in [6, 6.07) is 13.6. The number of amides is 1. The molecule has 0 saturated carbocycles. The highest BCUT2D eigenvalue weighted by Gasteiger charge is 2.22. The van der Waals surface area contributed by atoms with Crippen LogP contribution in [0.15, 0.2) is 53.4 Å². The van der Waals surface area contributed by atoms with Crippen LogP contribution in [0.2, 0.25) is 0 Å². The molecule has 0 atom stereocenters. The van der Waals surface area contributed by atoms with E-state index in [0.717, 1.165) is 23.4 Å². The van der Waals surface area contributed by atoms with E-state index in [1.54, 1.807) is 36.3 Å². The van der Waals surface area contributed by atoms with Crippen LogP contribution >= 0.6 is 0 Å². The van der Waals surface area contributed by atoms with E-state index in [4.69, 9.17) is 4.74 Å². The van der Waals surface area contributed by atoms with Crippen molar-refractivity contribution in [2.24, 2.45) is 0 Å². The van der Waals surface area contributed by atoms with Gasteiger partial charge in [-0.1, -0.05) is 12.1 Å². The Kier molecular flexibility index (Phi) is 5.06. The molecule has 1 amide bonds. The van der Waals surface area contributed by atoms with Gasteiger partial charge in [-0.3, -0.25) is 4.79 Å². The zero-order valence-corrected chi connectivity index (χ0v) is 14.8. The van der Waals surface area contributed by atoms with Crippen molar-refractivity contribution in [1.29, 1.82) is 0 Å². The van der Waals surface area contributed by atoms with Gasteiger partial charge in [0.2, 0.25) is 15.9 Å². The standard InChI is InChI=1S/C18H20N2O4S/c1-24-16-8-4-14(5-9-16)13-19-25(22,23)17-10-6-15(7-11-17)20-12-2-3-18(20)21/h4-11,19H,2-3,12-13H2,1H3. The van der Waals surface area contributed by atoms with E-state index >= 15 is 0 Å². The van der Waals surface area contributed by atoms with Gasteiger partial charge in [0.1, 0.15) is 5.75 Å². The summed E-state index contributed by atoms with van der Waals surface area (Å²) in [6.07, 6.45) is 1.38. The quantitative estimate of drug-likeness (QED) is 0.858. The highest BCUT2D eigenvalue weighted by atomic mass is 32.2. The average molecular weight is 360 g/mol. The first-order valence-corrected chi connectivity index (χ1v) is 9.51. The second-order valence-corrected chi connectivity index (χ2v) is 7.58. The molecule has 1 heterocycles. The molecule has 3 rings (SSSR count). The normalized spacial score (nSPS) is 14.8. The lowest BCUT2D eigenvalue weighted by molar-refractivity contribution is -0.117. The zero-order valence-electron chi connectivity index (χ0n) is 13.9. The van der Waals surface area contributed by atoms with Gasteiger partial charge in [0.15, 0.2) is 0 Å². The number of carbonyl (C=O) groups excluding carboxylic acids is 1. The third kappa shape index (κ3) is 4.00. The SMILES string of the molecule is COc1ccc(CNS(=O)(=O)c2ccc(N3CCCC3=O)cc2)cc1. The number of nitrogens with one attached hydrogen (secondary N) is 1. The molecule has 0 spiro atoms. The highest BCUT2D eigenvalue weighted by molar-refractivity contribution is 7.89. The van der Waals surface area contributed by atoms with Gasteiger partial charge >= 0.3 is 0 Å². The summed E-state index contributed by atoms with van der Waals surface area (Å²) in [5, 5.41) is 0. The van der Waals surface area contributed by atoms with Crippen molar-refractivity contribution in [3.8, 4) is 5.75 Å². The molecule has 0 unspecified atom stereocenters. The van der Waals surface area contributed by atoms with E-state index in [1.165, 1.54) is 12.1 Å². The van der Waals surface area contributed by atoms with E-state index in [0.29, 0.717) is 13.0 Å². The fourth-order valence-electron chi connectivity index (χ4n) is 2.73. The first-order valence-electron chi connectivity index (χ1n) is 8.02. The van der Waals surface area contributed by atoms with Crippen molar-refractivity contribution >= 4 is 21.6 Å². The summed E-state index contributed by atoms with van der Waals surface area (Å²) in [5.41, 5.74) is 1.57. The van der Waals surface area contributed by atoms with E-state index in [9.17, 15) is 13.2 Å². The first-order chi connectivity index (χ1) is 12.0. The molecule has 1 aliphatic heterocycles. The maximum absolute atomic E-state index is 12.4. The summed E-state index contributed by atoms with van der Waals surface area (Å²) in [5.74, 6) is 0.798. The van der Waals surface area contributed by atoms with Gasteiger partial charge < -0.3 is 9.64 Å². The van der Waals surface area contributed by atoms with Crippen molar-refractivity contribution in [2.45, 2.75) is 24.3 Å². The fourth-order valence-corrected chi connectivity index (χ4v) is 3.75. The van der Waals surface area contributed by atoms with E-state index in [2.05, 4.69) is 4.72 Å². The number of ether oxygens (including phenoxy) is 1. The number of benzene rings is 2. The maximum atomic E-state index is 12.4. The molecule has 25 heavy (non-hydrogen) atoms. The lowest BCUT2D eigenvalue weighted by atomic mass is 10.2. The molecule has 0 aromatic heterocycles. The Morgan fingerprint density at radius 2 is 1.76 bits per heavy atom. The van der Waals surface area contributed by atoms with Crippen molar-refractivity contribution < 1.29 is 17.9 Å². The van der Waals surface area contributed by atoms with Gasteiger partial charge in [-0.25, -0.2) is 13.1 Å². The monoisotopic (exact) mass is 360 g/mol. The van der Waals surface area contributed by atoms with Crippen LogP contribution in [-0.2, 0) is 21.4 Å². The predicted octanol–water partition coefficient (Wildman–Crippen LogP) is 2.30. The van der Waals surface area contributed by atoms with E-state index in [-0.39, 0.29) is 17.3 Å². The van der Waals surface area contributed by atoms with E-state index in [1.807, 2.05) is 12.1 Å².